The molecule has 2 heterocycles. The number of hydrogen-bond acceptors (Lipinski definition) is 2. The summed E-state index contributed by atoms with van der Waals surface area (Å²) in [6.07, 6.45) is 2.12. The smallest absolute Gasteiger partial charge is 0.121 e. The highest BCUT2D eigenvalue weighted by Crippen LogP contribution is 2.33. The fourth-order valence-electron chi connectivity index (χ4n) is 2.71. The van der Waals surface area contributed by atoms with Gasteiger partial charge in [-0.25, -0.2) is 0 Å². The van der Waals surface area contributed by atoms with E-state index >= 15 is 0 Å². The number of anilines is 1. The van der Waals surface area contributed by atoms with E-state index < -0.39 is 0 Å². The third kappa shape index (κ3) is 1.71. The molecule has 19 heavy (non-hydrogen) atoms. The van der Waals surface area contributed by atoms with Crippen LogP contribution in [0.1, 0.15) is 11.1 Å². The fraction of sp³-hybridized carbons (Fsp3) is 0.267. The Hall–Kier alpha value is -2.23. The van der Waals surface area contributed by atoms with Crippen LogP contribution in [0, 0.1) is 13.8 Å². The Morgan fingerprint density at radius 2 is 1.84 bits per heavy atom. The minimum absolute atomic E-state index is 0.678. The van der Waals surface area contributed by atoms with Crippen LogP contribution in [0.4, 0.5) is 5.82 Å². The number of fused-ring (bicyclic) bond motifs is 1. The van der Waals surface area contributed by atoms with E-state index in [1.807, 2.05) is 13.1 Å². The summed E-state index contributed by atoms with van der Waals surface area (Å²) >= 11 is 0. The molecule has 0 unspecified atom stereocenters. The molecule has 98 valence electrons. The predicted octanol–water partition coefficient (Wildman–Crippen LogP) is 2.78. The number of nitrogen functional groups attached to an aromatic ring is 1. The lowest BCUT2D eigenvalue weighted by Crippen LogP contribution is -1.96. The molecule has 0 bridgehead atoms. The van der Waals surface area contributed by atoms with Crippen molar-refractivity contribution in [3.8, 4) is 11.3 Å². The van der Waals surface area contributed by atoms with Crippen molar-refractivity contribution in [1.29, 1.82) is 0 Å². The lowest BCUT2D eigenvalue weighted by molar-refractivity contribution is 0.782. The van der Waals surface area contributed by atoms with E-state index in [0.29, 0.717) is 5.82 Å². The molecule has 0 aliphatic heterocycles. The van der Waals surface area contributed by atoms with Crippen molar-refractivity contribution in [1.82, 2.24) is 14.3 Å². The predicted molar refractivity (Wildman–Crippen MR) is 79.0 cm³/mol. The molecule has 0 radical (unpaired) electrons. The van der Waals surface area contributed by atoms with Crippen LogP contribution in [-0.4, -0.2) is 14.3 Å². The van der Waals surface area contributed by atoms with Crippen molar-refractivity contribution in [3.05, 3.63) is 35.5 Å². The Morgan fingerprint density at radius 1 is 1.11 bits per heavy atom. The Bertz CT molecular complexity index is 758. The topological polar surface area (TPSA) is 48.8 Å². The lowest BCUT2D eigenvalue weighted by atomic mass is 10.0. The Kier molecular flexibility index (Phi) is 2.42. The average Bonchev–Trinajstić information content (AvgIpc) is 2.82. The van der Waals surface area contributed by atoms with Gasteiger partial charge in [0.05, 0.1) is 5.69 Å². The zero-order valence-electron chi connectivity index (χ0n) is 11.7. The van der Waals surface area contributed by atoms with Gasteiger partial charge in [0.1, 0.15) is 5.82 Å². The number of nitrogens with two attached hydrogens (primary N) is 1. The molecular weight excluding hydrogens is 236 g/mol. The maximum Gasteiger partial charge on any atom is 0.121 e. The number of nitrogens with zero attached hydrogens (tertiary/aromatic N) is 3. The summed E-state index contributed by atoms with van der Waals surface area (Å²) in [5, 5.41) is 5.74. The second-order valence-corrected chi connectivity index (χ2v) is 5.21. The van der Waals surface area contributed by atoms with Crippen molar-refractivity contribution < 1.29 is 0 Å². The van der Waals surface area contributed by atoms with E-state index in [2.05, 4.69) is 48.9 Å². The van der Waals surface area contributed by atoms with Crippen LogP contribution in [0.2, 0.25) is 0 Å². The standard InChI is InChI=1S/C15H18N4/c1-9-5-10(2)15-11(8-18(3)13(15)6-9)12-7-14(16)19(4)17-12/h5-8H,16H2,1-4H3. The Labute approximate surface area is 112 Å². The van der Waals surface area contributed by atoms with Crippen LogP contribution < -0.4 is 5.73 Å². The summed E-state index contributed by atoms with van der Waals surface area (Å²) in [5.74, 6) is 0.678. The summed E-state index contributed by atoms with van der Waals surface area (Å²) in [6, 6.07) is 6.34. The summed E-state index contributed by atoms with van der Waals surface area (Å²) in [6.45, 7) is 4.27. The van der Waals surface area contributed by atoms with Crippen LogP contribution in [0.5, 0.6) is 0 Å². The number of aromatic nitrogens is 3. The van der Waals surface area contributed by atoms with E-state index in [4.69, 9.17) is 5.73 Å². The van der Waals surface area contributed by atoms with E-state index in [0.717, 1.165) is 11.3 Å². The molecule has 0 atom stereocenters. The molecule has 0 saturated heterocycles. The average molecular weight is 254 g/mol. The second-order valence-electron chi connectivity index (χ2n) is 5.21. The lowest BCUT2D eigenvalue weighted by Gasteiger charge is -2.02. The van der Waals surface area contributed by atoms with E-state index in [-0.39, 0.29) is 0 Å². The minimum Gasteiger partial charge on any atom is -0.384 e. The van der Waals surface area contributed by atoms with Gasteiger partial charge in [0.2, 0.25) is 0 Å². The van der Waals surface area contributed by atoms with Crippen molar-refractivity contribution in [3.63, 3.8) is 0 Å². The number of benzene rings is 1. The van der Waals surface area contributed by atoms with Gasteiger partial charge in [-0.1, -0.05) is 6.07 Å². The molecule has 4 heteroatoms. The molecule has 4 nitrogen and oxygen atoms in total. The summed E-state index contributed by atoms with van der Waals surface area (Å²) in [7, 11) is 3.93. The molecule has 1 aromatic carbocycles. The van der Waals surface area contributed by atoms with E-state index in [1.54, 1.807) is 4.68 Å². The number of hydrogen-bond donors (Lipinski definition) is 1. The van der Waals surface area contributed by atoms with Crippen LogP contribution in [-0.2, 0) is 14.1 Å². The molecular formula is C15H18N4. The van der Waals surface area contributed by atoms with Gasteiger partial charge in [-0.2, -0.15) is 5.10 Å². The van der Waals surface area contributed by atoms with Gasteiger partial charge in [0, 0.05) is 42.8 Å². The number of aryl methyl sites for hydroxylation is 4. The monoisotopic (exact) mass is 254 g/mol. The van der Waals surface area contributed by atoms with Gasteiger partial charge in [-0.3, -0.25) is 4.68 Å². The van der Waals surface area contributed by atoms with Crippen molar-refractivity contribution in [2.45, 2.75) is 13.8 Å². The molecule has 2 aromatic heterocycles. The maximum absolute atomic E-state index is 5.88. The molecule has 0 spiro atoms. The van der Waals surface area contributed by atoms with E-state index in [9.17, 15) is 0 Å². The van der Waals surface area contributed by atoms with Gasteiger partial charge in [-0.05, 0) is 31.0 Å². The molecule has 3 rings (SSSR count). The highest BCUT2D eigenvalue weighted by atomic mass is 15.3. The quantitative estimate of drug-likeness (QED) is 0.726. The molecule has 0 aliphatic rings. The molecule has 0 saturated carbocycles. The SMILES string of the molecule is Cc1cc(C)c2c(-c3cc(N)n(C)n3)cn(C)c2c1. The van der Waals surface area contributed by atoms with Gasteiger partial charge >= 0.3 is 0 Å². The van der Waals surface area contributed by atoms with Crippen LogP contribution in [0.25, 0.3) is 22.2 Å². The first-order chi connectivity index (χ1) is 8.97. The molecule has 0 amide bonds. The Balaban J connectivity index is 2.36. The van der Waals surface area contributed by atoms with Gasteiger partial charge in [0.15, 0.2) is 0 Å². The first-order valence-corrected chi connectivity index (χ1v) is 6.33. The molecule has 3 aromatic rings. The summed E-state index contributed by atoms with van der Waals surface area (Å²) < 4.78 is 3.85. The van der Waals surface area contributed by atoms with Crippen LogP contribution in [0.15, 0.2) is 24.4 Å². The van der Waals surface area contributed by atoms with Crippen molar-refractivity contribution in [2.24, 2.45) is 14.1 Å². The Morgan fingerprint density at radius 3 is 2.47 bits per heavy atom. The zero-order valence-corrected chi connectivity index (χ0v) is 11.7. The highest BCUT2D eigenvalue weighted by Gasteiger charge is 2.14. The minimum atomic E-state index is 0.678. The first-order valence-electron chi connectivity index (χ1n) is 6.33. The van der Waals surface area contributed by atoms with E-state index in [1.165, 1.54) is 22.0 Å². The molecule has 0 fully saturated rings. The molecule has 2 N–H and O–H groups in total. The number of rotatable bonds is 1. The van der Waals surface area contributed by atoms with Gasteiger partial charge in [-0.15, -0.1) is 0 Å². The van der Waals surface area contributed by atoms with Crippen LogP contribution in [0.3, 0.4) is 0 Å². The third-order valence-electron chi connectivity index (χ3n) is 3.62. The van der Waals surface area contributed by atoms with Gasteiger partial charge in [0.25, 0.3) is 0 Å². The molecule has 0 aliphatic carbocycles. The second kappa shape index (κ2) is 3.88. The third-order valence-corrected chi connectivity index (χ3v) is 3.62. The summed E-state index contributed by atoms with van der Waals surface area (Å²) in [5.41, 5.74) is 11.7. The van der Waals surface area contributed by atoms with Crippen LogP contribution >= 0.6 is 0 Å². The zero-order chi connectivity index (χ0) is 13.7. The fourth-order valence-corrected chi connectivity index (χ4v) is 2.71. The normalized spacial score (nSPS) is 11.4. The highest BCUT2D eigenvalue weighted by molar-refractivity contribution is 5.98. The van der Waals surface area contributed by atoms with Crippen molar-refractivity contribution >= 4 is 16.7 Å². The summed E-state index contributed by atoms with van der Waals surface area (Å²) in [4.78, 5) is 0. The maximum atomic E-state index is 5.88. The largest absolute Gasteiger partial charge is 0.384 e. The van der Waals surface area contributed by atoms with Crippen molar-refractivity contribution in [2.75, 3.05) is 5.73 Å². The first kappa shape index (κ1) is 11.8. The van der Waals surface area contributed by atoms with Gasteiger partial charge < -0.3 is 10.3 Å².